The van der Waals surface area contributed by atoms with Gasteiger partial charge in [0.2, 0.25) is 5.88 Å². The van der Waals surface area contributed by atoms with Gasteiger partial charge in [-0.05, 0) is 18.8 Å². The molecule has 1 aromatic rings. The summed E-state index contributed by atoms with van der Waals surface area (Å²) >= 11 is 0. The average Bonchev–Trinajstić information content (AvgIpc) is 2.87. The first kappa shape index (κ1) is 8.10. The fourth-order valence-corrected chi connectivity index (χ4v) is 1.12. The number of nitrogens with one attached hydrogen (secondary N) is 2. The van der Waals surface area contributed by atoms with Crippen molar-refractivity contribution >= 4 is 5.69 Å². The summed E-state index contributed by atoms with van der Waals surface area (Å²) in [6.07, 6.45) is 3.58. The van der Waals surface area contributed by atoms with E-state index in [9.17, 15) is 9.90 Å². The second-order valence-corrected chi connectivity index (χ2v) is 3.25. The molecular formula is C8H11N3O2. The van der Waals surface area contributed by atoms with Crippen molar-refractivity contribution in [2.75, 3.05) is 11.9 Å². The molecule has 70 valence electrons. The van der Waals surface area contributed by atoms with Crippen LogP contribution in [0.15, 0.2) is 11.1 Å². The SMILES string of the molecule is O=c1[nH]cnc(O)c1NCC1CC1. The van der Waals surface area contributed by atoms with E-state index in [-0.39, 0.29) is 17.1 Å². The molecule has 1 heterocycles. The van der Waals surface area contributed by atoms with Crippen molar-refractivity contribution in [3.8, 4) is 5.88 Å². The quantitative estimate of drug-likeness (QED) is 0.626. The van der Waals surface area contributed by atoms with Crippen LogP contribution in [0.2, 0.25) is 0 Å². The van der Waals surface area contributed by atoms with Crippen LogP contribution in [0.1, 0.15) is 12.8 Å². The number of anilines is 1. The van der Waals surface area contributed by atoms with Gasteiger partial charge in [-0.3, -0.25) is 4.79 Å². The minimum atomic E-state index is -0.326. The van der Waals surface area contributed by atoms with Gasteiger partial charge in [-0.2, -0.15) is 0 Å². The number of hydrogen-bond donors (Lipinski definition) is 3. The first-order valence-electron chi connectivity index (χ1n) is 4.28. The minimum Gasteiger partial charge on any atom is -0.492 e. The Labute approximate surface area is 74.8 Å². The van der Waals surface area contributed by atoms with E-state index in [2.05, 4.69) is 15.3 Å². The van der Waals surface area contributed by atoms with Crippen molar-refractivity contribution in [2.24, 2.45) is 5.92 Å². The number of nitrogens with zero attached hydrogens (tertiary/aromatic N) is 1. The molecule has 0 saturated heterocycles. The third kappa shape index (κ3) is 1.80. The molecule has 0 aromatic carbocycles. The number of aromatic amines is 1. The molecule has 0 spiro atoms. The summed E-state index contributed by atoms with van der Waals surface area (Å²) in [5.74, 6) is 0.420. The van der Waals surface area contributed by atoms with Crippen LogP contribution in [-0.4, -0.2) is 21.6 Å². The smallest absolute Gasteiger partial charge is 0.278 e. The van der Waals surface area contributed by atoms with Crippen molar-refractivity contribution in [1.82, 2.24) is 9.97 Å². The molecule has 1 fully saturated rings. The lowest BCUT2D eigenvalue weighted by molar-refractivity contribution is 0.453. The van der Waals surface area contributed by atoms with Crippen molar-refractivity contribution in [1.29, 1.82) is 0 Å². The van der Waals surface area contributed by atoms with Crippen molar-refractivity contribution in [3.63, 3.8) is 0 Å². The maximum atomic E-state index is 11.2. The van der Waals surface area contributed by atoms with Gasteiger partial charge in [0.15, 0.2) is 5.69 Å². The lowest BCUT2D eigenvalue weighted by atomic mass is 10.4. The molecule has 0 bridgehead atoms. The fraction of sp³-hybridized carbons (Fsp3) is 0.500. The number of aromatic nitrogens is 2. The van der Waals surface area contributed by atoms with Crippen LogP contribution in [0.5, 0.6) is 5.88 Å². The second kappa shape index (κ2) is 3.08. The van der Waals surface area contributed by atoms with Gasteiger partial charge in [0.25, 0.3) is 5.56 Å². The zero-order valence-corrected chi connectivity index (χ0v) is 7.08. The second-order valence-electron chi connectivity index (χ2n) is 3.25. The molecule has 3 N–H and O–H groups in total. The van der Waals surface area contributed by atoms with Gasteiger partial charge in [-0.1, -0.05) is 0 Å². The lowest BCUT2D eigenvalue weighted by Gasteiger charge is -2.04. The van der Waals surface area contributed by atoms with Crippen LogP contribution in [0.4, 0.5) is 5.69 Å². The largest absolute Gasteiger partial charge is 0.492 e. The van der Waals surface area contributed by atoms with Gasteiger partial charge in [0.1, 0.15) is 0 Å². The molecule has 5 heteroatoms. The Morgan fingerprint density at radius 2 is 2.46 bits per heavy atom. The summed E-state index contributed by atoms with van der Waals surface area (Å²) in [5.41, 5.74) is -0.150. The van der Waals surface area contributed by atoms with Crippen LogP contribution in [0, 0.1) is 5.92 Å². The zero-order valence-electron chi connectivity index (χ0n) is 7.08. The molecule has 1 saturated carbocycles. The van der Waals surface area contributed by atoms with E-state index in [1.54, 1.807) is 0 Å². The van der Waals surface area contributed by atoms with Crippen molar-refractivity contribution in [2.45, 2.75) is 12.8 Å². The standard InChI is InChI=1S/C8H11N3O2/c12-7-6(8(13)11-4-10-7)9-3-5-1-2-5/h4-5,9H,1-3H2,(H2,10,11,12,13). The Kier molecular flexibility index (Phi) is 1.92. The zero-order chi connectivity index (χ0) is 9.26. The van der Waals surface area contributed by atoms with Crippen molar-refractivity contribution in [3.05, 3.63) is 16.7 Å². The molecule has 13 heavy (non-hydrogen) atoms. The predicted octanol–water partition coefficient (Wildman–Crippen LogP) is 0.297. The number of aromatic hydroxyl groups is 1. The highest BCUT2D eigenvalue weighted by Gasteiger charge is 2.21. The Morgan fingerprint density at radius 3 is 3.08 bits per heavy atom. The monoisotopic (exact) mass is 181 g/mol. The van der Waals surface area contributed by atoms with E-state index >= 15 is 0 Å². The van der Waals surface area contributed by atoms with E-state index in [0.717, 1.165) is 6.54 Å². The van der Waals surface area contributed by atoms with E-state index in [1.807, 2.05) is 0 Å². The number of hydrogen-bond acceptors (Lipinski definition) is 4. The van der Waals surface area contributed by atoms with Gasteiger partial charge < -0.3 is 15.4 Å². The third-order valence-electron chi connectivity index (χ3n) is 2.10. The number of H-pyrrole nitrogens is 1. The summed E-state index contributed by atoms with van der Waals surface area (Å²) in [6, 6.07) is 0. The highest BCUT2D eigenvalue weighted by atomic mass is 16.3. The Morgan fingerprint density at radius 1 is 1.69 bits per heavy atom. The normalized spacial score (nSPS) is 15.7. The topological polar surface area (TPSA) is 78.0 Å². The summed E-state index contributed by atoms with van der Waals surface area (Å²) in [6.45, 7) is 0.738. The van der Waals surface area contributed by atoms with Gasteiger partial charge >= 0.3 is 0 Å². The van der Waals surface area contributed by atoms with Gasteiger partial charge in [0.05, 0.1) is 6.33 Å². The Bertz CT molecular complexity index is 357. The molecule has 1 aromatic heterocycles. The van der Waals surface area contributed by atoms with Crippen molar-refractivity contribution < 1.29 is 5.11 Å². The minimum absolute atomic E-state index is 0.175. The third-order valence-corrected chi connectivity index (χ3v) is 2.10. The van der Waals surface area contributed by atoms with E-state index in [1.165, 1.54) is 19.2 Å². The van der Waals surface area contributed by atoms with Crippen LogP contribution in [-0.2, 0) is 0 Å². The number of rotatable bonds is 3. The van der Waals surface area contributed by atoms with Crippen LogP contribution < -0.4 is 10.9 Å². The Balaban J connectivity index is 2.12. The molecule has 0 atom stereocenters. The molecular weight excluding hydrogens is 170 g/mol. The molecule has 0 aliphatic heterocycles. The van der Waals surface area contributed by atoms with Gasteiger partial charge in [0, 0.05) is 6.54 Å². The highest BCUT2D eigenvalue weighted by Crippen LogP contribution is 2.29. The maximum absolute atomic E-state index is 11.2. The lowest BCUT2D eigenvalue weighted by Crippen LogP contribution is -2.16. The molecule has 0 amide bonds. The summed E-state index contributed by atoms with van der Waals surface area (Å²) < 4.78 is 0. The molecule has 5 nitrogen and oxygen atoms in total. The molecule has 1 aliphatic carbocycles. The fourth-order valence-electron chi connectivity index (χ4n) is 1.12. The molecule has 1 aliphatic rings. The van der Waals surface area contributed by atoms with Crippen LogP contribution in [0.3, 0.4) is 0 Å². The molecule has 2 rings (SSSR count). The summed E-state index contributed by atoms with van der Waals surface area (Å²) in [7, 11) is 0. The highest BCUT2D eigenvalue weighted by molar-refractivity contribution is 5.49. The van der Waals surface area contributed by atoms with E-state index in [4.69, 9.17) is 0 Å². The van der Waals surface area contributed by atoms with Gasteiger partial charge in [-0.25, -0.2) is 4.98 Å². The first-order chi connectivity index (χ1) is 6.27. The molecule has 0 radical (unpaired) electrons. The molecule has 0 unspecified atom stereocenters. The Hall–Kier alpha value is -1.52. The maximum Gasteiger partial charge on any atom is 0.278 e. The predicted molar refractivity (Wildman–Crippen MR) is 47.7 cm³/mol. The first-order valence-corrected chi connectivity index (χ1v) is 4.28. The van der Waals surface area contributed by atoms with E-state index in [0.29, 0.717) is 5.92 Å². The van der Waals surface area contributed by atoms with E-state index < -0.39 is 0 Å². The summed E-state index contributed by atoms with van der Waals surface area (Å²) in [4.78, 5) is 17.1. The van der Waals surface area contributed by atoms with Crippen LogP contribution >= 0.6 is 0 Å². The van der Waals surface area contributed by atoms with Crippen LogP contribution in [0.25, 0.3) is 0 Å². The summed E-state index contributed by atoms with van der Waals surface area (Å²) in [5, 5.41) is 12.1. The average molecular weight is 181 g/mol. The van der Waals surface area contributed by atoms with Gasteiger partial charge in [-0.15, -0.1) is 0 Å².